The monoisotopic (exact) mass is 317 g/mol. The van der Waals surface area contributed by atoms with Gasteiger partial charge in [0.15, 0.2) is 6.61 Å². The number of amides is 1. The average Bonchev–Trinajstić information content (AvgIpc) is 2.48. The van der Waals surface area contributed by atoms with Gasteiger partial charge in [-0.15, -0.1) is 0 Å². The molecule has 0 saturated heterocycles. The van der Waals surface area contributed by atoms with E-state index in [4.69, 9.17) is 4.74 Å². The Labute approximate surface area is 124 Å². The predicted octanol–water partition coefficient (Wildman–Crippen LogP) is 1.93. The fourth-order valence-electron chi connectivity index (χ4n) is 1.31. The summed E-state index contributed by atoms with van der Waals surface area (Å²) in [6.45, 7) is -2.24. The summed E-state index contributed by atoms with van der Waals surface area (Å²) in [4.78, 5) is 22.3. The Balaban J connectivity index is 2.36. The van der Waals surface area contributed by atoms with Crippen molar-refractivity contribution >= 4 is 18.0 Å². The zero-order valence-corrected chi connectivity index (χ0v) is 11.6. The summed E-state index contributed by atoms with van der Waals surface area (Å²) < 4.78 is 45.0. The first-order valence-electron chi connectivity index (χ1n) is 6.12. The van der Waals surface area contributed by atoms with Crippen molar-refractivity contribution in [1.82, 2.24) is 5.32 Å². The predicted molar refractivity (Wildman–Crippen MR) is 72.1 cm³/mol. The summed E-state index contributed by atoms with van der Waals surface area (Å²) >= 11 is 0. The molecular formula is C14H14F3NO4. The minimum Gasteiger partial charge on any atom is -0.497 e. The number of rotatable bonds is 6. The first kappa shape index (κ1) is 17.5. The van der Waals surface area contributed by atoms with Gasteiger partial charge in [-0.1, -0.05) is 12.1 Å². The molecule has 120 valence electrons. The van der Waals surface area contributed by atoms with E-state index >= 15 is 0 Å². The maximum Gasteiger partial charge on any atom is 0.405 e. The maximum atomic E-state index is 11.8. The standard InChI is InChI=1S/C14H14F3NO4/c1-21-11-5-2-10(3-6-11)4-7-13(20)22-8-12(19)18-9-14(15,16)17/h2-7H,8-9H2,1H3,(H,18,19)/b7-4+. The number of nitrogens with one attached hydrogen (secondary N) is 1. The number of hydrogen-bond acceptors (Lipinski definition) is 4. The highest BCUT2D eigenvalue weighted by Gasteiger charge is 2.27. The lowest BCUT2D eigenvalue weighted by molar-refractivity contribution is -0.148. The molecule has 0 unspecified atom stereocenters. The van der Waals surface area contributed by atoms with E-state index < -0.39 is 31.2 Å². The van der Waals surface area contributed by atoms with Crippen molar-refractivity contribution in [3.8, 4) is 5.75 Å². The summed E-state index contributed by atoms with van der Waals surface area (Å²) in [5.74, 6) is -1.21. The Hall–Kier alpha value is -2.51. The molecule has 8 heteroatoms. The third-order valence-corrected chi connectivity index (χ3v) is 2.36. The van der Waals surface area contributed by atoms with Crippen LogP contribution in [0.5, 0.6) is 5.75 Å². The molecule has 0 fully saturated rings. The second-order valence-electron chi connectivity index (χ2n) is 4.11. The van der Waals surface area contributed by atoms with Gasteiger partial charge in [0.25, 0.3) is 5.91 Å². The van der Waals surface area contributed by atoms with Crippen molar-refractivity contribution in [1.29, 1.82) is 0 Å². The summed E-state index contributed by atoms with van der Waals surface area (Å²) in [6, 6.07) is 6.77. The summed E-state index contributed by atoms with van der Waals surface area (Å²) in [5.41, 5.74) is 0.694. The van der Waals surface area contributed by atoms with Gasteiger partial charge in [0, 0.05) is 6.08 Å². The van der Waals surface area contributed by atoms with Crippen LogP contribution in [0.15, 0.2) is 30.3 Å². The topological polar surface area (TPSA) is 64.6 Å². The number of halogens is 3. The quantitative estimate of drug-likeness (QED) is 0.643. The molecule has 0 saturated carbocycles. The Morgan fingerprint density at radius 2 is 1.86 bits per heavy atom. The van der Waals surface area contributed by atoms with E-state index in [0.29, 0.717) is 11.3 Å². The lowest BCUT2D eigenvalue weighted by atomic mass is 10.2. The Bertz CT molecular complexity index is 538. The van der Waals surface area contributed by atoms with Gasteiger partial charge in [0.2, 0.25) is 0 Å². The number of carbonyl (C=O) groups excluding carboxylic acids is 2. The van der Waals surface area contributed by atoms with Gasteiger partial charge < -0.3 is 14.8 Å². The van der Waals surface area contributed by atoms with Gasteiger partial charge >= 0.3 is 12.1 Å². The molecule has 1 N–H and O–H groups in total. The van der Waals surface area contributed by atoms with Crippen LogP contribution in [0.1, 0.15) is 5.56 Å². The lowest BCUT2D eigenvalue weighted by Gasteiger charge is -2.07. The molecule has 0 bridgehead atoms. The zero-order valence-electron chi connectivity index (χ0n) is 11.6. The van der Waals surface area contributed by atoms with Gasteiger partial charge in [-0.25, -0.2) is 4.79 Å². The molecular weight excluding hydrogens is 303 g/mol. The molecule has 1 amide bonds. The van der Waals surface area contributed by atoms with Crippen molar-refractivity contribution in [2.24, 2.45) is 0 Å². The van der Waals surface area contributed by atoms with Crippen LogP contribution >= 0.6 is 0 Å². The van der Waals surface area contributed by atoms with E-state index in [1.807, 2.05) is 0 Å². The number of alkyl halides is 3. The zero-order chi connectivity index (χ0) is 16.6. The van der Waals surface area contributed by atoms with E-state index in [1.54, 1.807) is 29.6 Å². The third kappa shape index (κ3) is 7.32. The van der Waals surface area contributed by atoms with Crippen LogP contribution in [0.3, 0.4) is 0 Å². The fourth-order valence-corrected chi connectivity index (χ4v) is 1.31. The van der Waals surface area contributed by atoms with E-state index in [9.17, 15) is 22.8 Å². The van der Waals surface area contributed by atoms with Crippen molar-refractivity contribution in [3.63, 3.8) is 0 Å². The molecule has 1 aromatic rings. The molecule has 0 aliphatic rings. The van der Waals surface area contributed by atoms with Crippen LogP contribution in [-0.2, 0) is 14.3 Å². The number of ether oxygens (including phenoxy) is 2. The molecule has 0 atom stereocenters. The van der Waals surface area contributed by atoms with E-state index in [-0.39, 0.29) is 0 Å². The van der Waals surface area contributed by atoms with E-state index in [2.05, 4.69) is 4.74 Å². The van der Waals surface area contributed by atoms with E-state index in [0.717, 1.165) is 6.08 Å². The Kier molecular flexibility index (Phi) is 6.43. The van der Waals surface area contributed by atoms with Crippen molar-refractivity contribution < 1.29 is 32.2 Å². The molecule has 22 heavy (non-hydrogen) atoms. The van der Waals surface area contributed by atoms with Crippen molar-refractivity contribution in [3.05, 3.63) is 35.9 Å². The van der Waals surface area contributed by atoms with Gasteiger partial charge in [-0.2, -0.15) is 13.2 Å². The Morgan fingerprint density at radius 3 is 2.41 bits per heavy atom. The summed E-state index contributed by atoms with van der Waals surface area (Å²) in [6.07, 6.45) is -2.00. The van der Waals surface area contributed by atoms with Crippen LogP contribution in [0, 0.1) is 0 Å². The molecule has 0 aromatic heterocycles. The van der Waals surface area contributed by atoms with Crippen molar-refractivity contribution in [2.75, 3.05) is 20.3 Å². The molecule has 0 aliphatic carbocycles. The van der Waals surface area contributed by atoms with Crippen molar-refractivity contribution in [2.45, 2.75) is 6.18 Å². The Morgan fingerprint density at radius 1 is 1.23 bits per heavy atom. The minimum atomic E-state index is -4.51. The van der Waals surface area contributed by atoms with Crippen LogP contribution in [0.4, 0.5) is 13.2 Å². The van der Waals surface area contributed by atoms with Crippen LogP contribution < -0.4 is 10.1 Å². The molecule has 5 nitrogen and oxygen atoms in total. The first-order valence-corrected chi connectivity index (χ1v) is 6.12. The first-order chi connectivity index (χ1) is 10.3. The molecule has 1 rings (SSSR count). The lowest BCUT2D eigenvalue weighted by Crippen LogP contribution is -2.36. The average molecular weight is 317 g/mol. The molecule has 0 heterocycles. The smallest absolute Gasteiger partial charge is 0.405 e. The number of hydrogen-bond donors (Lipinski definition) is 1. The number of carbonyl (C=O) groups is 2. The maximum absolute atomic E-state index is 11.8. The molecule has 0 radical (unpaired) electrons. The van der Waals surface area contributed by atoms with Gasteiger partial charge in [0.1, 0.15) is 12.3 Å². The van der Waals surface area contributed by atoms with Crippen LogP contribution in [0.2, 0.25) is 0 Å². The number of esters is 1. The van der Waals surface area contributed by atoms with E-state index in [1.165, 1.54) is 13.2 Å². The highest BCUT2D eigenvalue weighted by Crippen LogP contribution is 2.13. The van der Waals surface area contributed by atoms with Crippen LogP contribution in [-0.4, -0.2) is 38.3 Å². The third-order valence-electron chi connectivity index (χ3n) is 2.36. The normalized spacial score (nSPS) is 11.3. The summed E-state index contributed by atoms with van der Waals surface area (Å²) in [5, 5.41) is 1.59. The second kappa shape index (κ2) is 8.06. The SMILES string of the molecule is COc1ccc(/C=C/C(=O)OCC(=O)NCC(F)(F)F)cc1. The van der Waals surface area contributed by atoms with Gasteiger partial charge in [-0.05, 0) is 23.8 Å². The highest BCUT2D eigenvalue weighted by atomic mass is 19.4. The highest BCUT2D eigenvalue weighted by molar-refractivity contribution is 5.89. The van der Waals surface area contributed by atoms with Crippen LogP contribution in [0.25, 0.3) is 6.08 Å². The van der Waals surface area contributed by atoms with Gasteiger partial charge in [0.05, 0.1) is 7.11 Å². The number of benzene rings is 1. The number of methoxy groups -OCH3 is 1. The molecule has 0 spiro atoms. The minimum absolute atomic E-state index is 0.654. The fraction of sp³-hybridized carbons (Fsp3) is 0.286. The van der Waals surface area contributed by atoms with Gasteiger partial charge in [-0.3, -0.25) is 4.79 Å². The molecule has 1 aromatic carbocycles. The molecule has 0 aliphatic heterocycles. The second-order valence-corrected chi connectivity index (χ2v) is 4.11. The largest absolute Gasteiger partial charge is 0.497 e. The summed E-state index contributed by atoms with van der Waals surface area (Å²) in [7, 11) is 1.52.